The van der Waals surface area contributed by atoms with Gasteiger partial charge in [0.2, 0.25) is 10.0 Å². The van der Waals surface area contributed by atoms with Gasteiger partial charge >= 0.3 is 5.97 Å². The van der Waals surface area contributed by atoms with Gasteiger partial charge in [-0.3, -0.25) is 0 Å². The molecule has 0 bridgehead atoms. The molecule has 1 aliphatic carbocycles. The van der Waals surface area contributed by atoms with Crippen LogP contribution in [0.15, 0.2) is 47.4 Å². The molecule has 2 aromatic rings. The third-order valence-electron chi connectivity index (χ3n) is 5.35. The summed E-state index contributed by atoms with van der Waals surface area (Å²) in [5.74, 6) is -0.524. The monoisotopic (exact) mass is 494 g/mol. The zero-order valence-corrected chi connectivity index (χ0v) is 19.4. The molecule has 0 fully saturated rings. The van der Waals surface area contributed by atoms with Gasteiger partial charge in [-0.15, -0.1) is 10.1 Å². The van der Waals surface area contributed by atoms with Crippen molar-refractivity contribution in [2.45, 2.75) is 36.6 Å². The molecule has 0 heterocycles. The Morgan fingerprint density at radius 1 is 1.27 bits per heavy atom. The SMILES string of the molecule is COC(=O)C=Cc1c(CCO[N+](=O)[O-])ccc2c1CCC(NS(=O)(=O)c1ccc(Cl)cc1)C2. The molecule has 0 amide bonds. The summed E-state index contributed by atoms with van der Waals surface area (Å²) in [6, 6.07) is 9.35. The highest BCUT2D eigenvalue weighted by atomic mass is 35.5. The van der Waals surface area contributed by atoms with Crippen LogP contribution in [0.1, 0.15) is 28.7 Å². The van der Waals surface area contributed by atoms with Crippen LogP contribution in [-0.4, -0.2) is 39.2 Å². The van der Waals surface area contributed by atoms with Crippen LogP contribution < -0.4 is 4.72 Å². The summed E-state index contributed by atoms with van der Waals surface area (Å²) < 4.78 is 32.9. The van der Waals surface area contributed by atoms with Gasteiger partial charge < -0.3 is 9.57 Å². The fourth-order valence-electron chi connectivity index (χ4n) is 3.81. The van der Waals surface area contributed by atoms with Crippen molar-refractivity contribution in [2.24, 2.45) is 0 Å². The van der Waals surface area contributed by atoms with Crippen molar-refractivity contribution in [1.29, 1.82) is 0 Å². The Morgan fingerprint density at radius 3 is 2.67 bits per heavy atom. The largest absolute Gasteiger partial charge is 0.466 e. The first-order valence-electron chi connectivity index (χ1n) is 10.1. The molecule has 3 rings (SSSR count). The number of hydrogen-bond donors (Lipinski definition) is 1. The molecule has 1 N–H and O–H groups in total. The van der Waals surface area contributed by atoms with E-state index >= 15 is 0 Å². The van der Waals surface area contributed by atoms with E-state index in [0.717, 1.165) is 22.3 Å². The Balaban J connectivity index is 1.83. The van der Waals surface area contributed by atoms with Crippen LogP contribution in [0.2, 0.25) is 5.02 Å². The van der Waals surface area contributed by atoms with Gasteiger partial charge in [-0.2, -0.15) is 0 Å². The Labute approximate surface area is 196 Å². The highest BCUT2D eigenvalue weighted by Gasteiger charge is 2.26. The molecule has 2 aromatic carbocycles. The van der Waals surface area contributed by atoms with Gasteiger partial charge in [-0.25, -0.2) is 17.9 Å². The second-order valence-electron chi connectivity index (χ2n) is 7.45. The van der Waals surface area contributed by atoms with Crippen molar-refractivity contribution in [2.75, 3.05) is 13.7 Å². The molecule has 0 radical (unpaired) electrons. The number of ether oxygens (including phenoxy) is 1. The van der Waals surface area contributed by atoms with E-state index in [9.17, 15) is 23.3 Å². The Morgan fingerprint density at radius 2 is 2.00 bits per heavy atom. The van der Waals surface area contributed by atoms with E-state index in [1.807, 2.05) is 12.1 Å². The number of methoxy groups -OCH3 is 1. The third-order valence-corrected chi connectivity index (χ3v) is 7.14. The minimum atomic E-state index is -3.71. The quantitative estimate of drug-likeness (QED) is 0.246. The molecular weight excluding hydrogens is 472 g/mol. The molecule has 0 saturated carbocycles. The van der Waals surface area contributed by atoms with Gasteiger partial charge in [0.25, 0.3) is 5.09 Å². The zero-order valence-electron chi connectivity index (χ0n) is 17.8. The molecule has 11 heteroatoms. The normalized spacial score (nSPS) is 15.8. The average molecular weight is 495 g/mol. The lowest BCUT2D eigenvalue weighted by Crippen LogP contribution is -2.39. The fourth-order valence-corrected chi connectivity index (χ4v) is 5.20. The lowest BCUT2D eigenvalue weighted by molar-refractivity contribution is -0.757. The topological polar surface area (TPSA) is 125 Å². The summed E-state index contributed by atoms with van der Waals surface area (Å²) in [4.78, 5) is 26.7. The van der Waals surface area contributed by atoms with Crippen LogP contribution in [0.25, 0.3) is 6.08 Å². The number of nitrogens with one attached hydrogen (secondary N) is 1. The van der Waals surface area contributed by atoms with E-state index in [1.54, 1.807) is 6.08 Å². The number of sulfonamides is 1. The van der Waals surface area contributed by atoms with E-state index in [1.165, 1.54) is 37.5 Å². The summed E-state index contributed by atoms with van der Waals surface area (Å²) in [6.45, 7) is -0.117. The van der Waals surface area contributed by atoms with Gasteiger partial charge in [0.1, 0.15) is 6.61 Å². The maximum Gasteiger partial charge on any atom is 0.330 e. The molecule has 1 aliphatic rings. The summed E-state index contributed by atoms with van der Waals surface area (Å²) >= 11 is 5.85. The summed E-state index contributed by atoms with van der Waals surface area (Å²) in [6.07, 6.45) is 4.78. The van der Waals surface area contributed by atoms with E-state index in [4.69, 9.17) is 11.6 Å². The second kappa shape index (κ2) is 10.8. The summed E-state index contributed by atoms with van der Waals surface area (Å²) in [5, 5.41) is 10.1. The highest BCUT2D eigenvalue weighted by molar-refractivity contribution is 7.89. The number of carbonyl (C=O) groups is 1. The smallest absolute Gasteiger partial charge is 0.330 e. The number of halogens is 1. The van der Waals surface area contributed by atoms with E-state index in [0.29, 0.717) is 24.3 Å². The molecule has 0 saturated heterocycles. The van der Waals surface area contributed by atoms with Gasteiger partial charge in [-0.05, 0) is 78.3 Å². The number of nitrogens with zero attached hydrogens (tertiary/aromatic N) is 1. The van der Waals surface area contributed by atoms with Crippen molar-refractivity contribution in [3.63, 3.8) is 0 Å². The van der Waals surface area contributed by atoms with Crippen molar-refractivity contribution < 1.29 is 27.9 Å². The first-order valence-corrected chi connectivity index (χ1v) is 12.0. The maximum absolute atomic E-state index is 12.7. The molecule has 33 heavy (non-hydrogen) atoms. The maximum atomic E-state index is 12.7. The Hall–Kier alpha value is -2.95. The van der Waals surface area contributed by atoms with Crippen LogP contribution in [0.3, 0.4) is 0 Å². The number of benzene rings is 2. The van der Waals surface area contributed by atoms with Gasteiger partial charge in [0, 0.05) is 17.1 Å². The minimum Gasteiger partial charge on any atom is -0.466 e. The first kappa shape index (κ1) is 24.7. The van der Waals surface area contributed by atoms with Crippen molar-refractivity contribution >= 4 is 33.7 Å². The molecule has 0 aliphatic heterocycles. The van der Waals surface area contributed by atoms with Crippen LogP contribution in [-0.2, 0) is 43.7 Å². The van der Waals surface area contributed by atoms with E-state index < -0.39 is 21.1 Å². The molecular formula is C22H23ClN2O7S. The summed E-state index contributed by atoms with van der Waals surface area (Å²) in [5.41, 5.74) is 3.46. The highest BCUT2D eigenvalue weighted by Crippen LogP contribution is 2.30. The number of esters is 1. The van der Waals surface area contributed by atoms with Gasteiger partial charge in [0.05, 0.1) is 12.0 Å². The fraction of sp³-hybridized carbons (Fsp3) is 0.318. The third kappa shape index (κ3) is 6.53. The standard InChI is InChI=1S/C22H23ClN2O7S/c1-31-22(26)11-10-20-15(12-13-32-25(27)28)2-3-16-14-18(6-9-21(16)20)24-33(29,30)19-7-4-17(23)5-8-19/h2-5,7-8,10-11,18,24H,6,9,12-14H2,1H3. The predicted molar refractivity (Wildman–Crippen MR) is 122 cm³/mol. The zero-order chi connectivity index (χ0) is 24.0. The number of rotatable bonds is 9. The predicted octanol–water partition coefficient (Wildman–Crippen LogP) is 3.11. The lowest BCUT2D eigenvalue weighted by atomic mass is 9.83. The Bertz CT molecular complexity index is 1160. The molecule has 0 aromatic heterocycles. The summed E-state index contributed by atoms with van der Waals surface area (Å²) in [7, 11) is -2.43. The second-order valence-corrected chi connectivity index (χ2v) is 9.60. The van der Waals surface area contributed by atoms with E-state index in [2.05, 4.69) is 14.3 Å². The van der Waals surface area contributed by atoms with Gasteiger partial charge in [-0.1, -0.05) is 23.7 Å². The molecule has 1 atom stereocenters. The van der Waals surface area contributed by atoms with Crippen molar-refractivity contribution in [1.82, 2.24) is 4.72 Å². The van der Waals surface area contributed by atoms with Crippen molar-refractivity contribution in [3.05, 3.63) is 79.9 Å². The van der Waals surface area contributed by atoms with E-state index in [-0.39, 0.29) is 24.0 Å². The van der Waals surface area contributed by atoms with Crippen LogP contribution in [0, 0.1) is 10.1 Å². The Kier molecular flexibility index (Phi) is 8.06. The molecule has 176 valence electrons. The minimum absolute atomic E-state index is 0.117. The number of carbonyl (C=O) groups excluding carboxylic acids is 1. The number of hydrogen-bond acceptors (Lipinski definition) is 7. The van der Waals surface area contributed by atoms with Crippen molar-refractivity contribution in [3.8, 4) is 0 Å². The van der Waals surface area contributed by atoms with Crippen LogP contribution in [0.4, 0.5) is 0 Å². The van der Waals surface area contributed by atoms with Crippen LogP contribution in [0.5, 0.6) is 0 Å². The van der Waals surface area contributed by atoms with Gasteiger partial charge in [0.15, 0.2) is 0 Å². The lowest BCUT2D eigenvalue weighted by Gasteiger charge is -2.28. The molecule has 0 spiro atoms. The molecule has 1 unspecified atom stereocenters. The average Bonchev–Trinajstić information content (AvgIpc) is 2.77. The number of fused-ring (bicyclic) bond motifs is 1. The first-order chi connectivity index (χ1) is 15.7. The molecule has 9 nitrogen and oxygen atoms in total. The van der Waals surface area contributed by atoms with Crippen LogP contribution >= 0.6 is 11.6 Å².